The molecule has 7 bridgehead atoms. The van der Waals surface area contributed by atoms with Crippen molar-refractivity contribution in [2.24, 2.45) is 40.4 Å². The van der Waals surface area contributed by atoms with Gasteiger partial charge in [-0.1, -0.05) is 25.1 Å². The molecule has 44 heavy (non-hydrogen) atoms. The summed E-state index contributed by atoms with van der Waals surface area (Å²) in [6.07, 6.45) is -0.506. The minimum absolute atomic E-state index is 0.0249. The Labute approximate surface area is 259 Å². The number of hydrogen-bond acceptors (Lipinski definition) is 10. The van der Waals surface area contributed by atoms with E-state index >= 15 is 0 Å². The summed E-state index contributed by atoms with van der Waals surface area (Å²) in [6.45, 7) is 5.75. The first-order chi connectivity index (χ1) is 21.2. The molecule has 6 aliphatic rings. The summed E-state index contributed by atoms with van der Waals surface area (Å²) in [4.78, 5) is 29.5. The Hall–Kier alpha value is -2.08. The van der Waals surface area contributed by atoms with Gasteiger partial charge in [0.2, 0.25) is 0 Å². The molecule has 1 heterocycles. The maximum Gasteiger partial charge on any atom is 0.338 e. The van der Waals surface area contributed by atoms with Crippen LogP contribution >= 0.6 is 0 Å². The van der Waals surface area contributed by atoms with Crippen molar-refractivity contribution in [1.29, 1.82) is 0 Å². The van der Waals surface area contributed by atoms with E-state index in [-0.39, 0.29) is 41.4 Å². The summed E-state index contributed by atoms with van der Waals surface area (Å²) in [5.41, 5.74) is -1.58. The van der Waals surface area contributed by atoms with Gasteiger partial charge in [-0.05, 0) is 43.9 Å². The lowest BCUT2D eigenvalue weighted by Gasteiger charge is -2.69. The van der Waals surface area contributed by atoms with Crippen molar-refractivity contribution in [3.63, 3.8) is 0 Å². The summed E-state index contributed by atoms with van der Waals surface area (Å²) >= 11 is 0. The Kier molecular flexibility index (Phi) is 7.46. The molecule has 14 atom stereocenters. The first-order valence-electron chi connectivity index (χ1n) is 16.2. The van der Waals surface area contributed by atoms with Crippen LogP contribution < -0.4 is 0 Å². The molecule has 1 aromatic rings. The summed E-state index contributed by atoms with van der Waals surface area (Å²) in [5.74, 6) is -2.16. The van der Waals surface area contributed by atoms with Crippen molar-refractivity contribution in [3.05, 3.63) is 35.9 Å². The lowest BCUT2D eigenvalue weighted by atomic mass is 9.43. The predicted octanol–water partition coefficient (Wildman–Crippen LogP) is 2.56. The molecule has 1 N–H and O–H groups in total. The fraction of sp³-hybridized carbons (Fsp3) is 0.765. The fourth-order valence-corrected chi connectivity index (χ4v) is 12.3. The number of nitrogens with zero attached hydrogens (tertiary/aromatic N) is 1. The number of likely N-dealkylation sites (tertiary alicyclic amines) is 1. The molecule has 1 saturated heterocycles. The van der Waals surface area contributed by atoms with Crippen LogP contribution in [0.3, 0.4) is 0 Å². The van der Waals surface area contributed by atoms with E-state index in [1.807, 2.05) is 18.2 Å². The number of ether oxygens (including phenoxy) is 6. The van der Waals surface area contributed by atoms with Crippen molar-refractivity contribution in [2.45, 2.75) is 75.3 Å². The van der Waals surface area contributed by atoms with Gasteiger partial charge in [0.1, 0.15) is 12.2 Å². The van der Waals surface area contributed by atoms with Crippen LogP contribution in [-0.2, 0) is 33.2 Å². The van der Waals surface area contributed by atoms with E-state index in [1.54, 1.807) is 40.6 Å². The number of aliphatic hydroxyl groups excluding tert-OH is 1. The van der Waals surface area contributed by atoms with E-state index in [0.717, 1.165) is 25.9 Å². The third-order valence-corrected chi connectivity index (χ3v) is 13.0. The molecule has 1 spiro atoms. The van der Waals surface area contributed by atoms with E-state index in [9.17, 15) is 14.7 Å². The Morgan fingerprint density at radius 2 is 1.73 bits per heavy atom. The van der Waals surface area contributed by atoms with Crippen LogP contribution in [0.15, 0.2) is 30.3 Å². The number of hydrogen-bond donors (Lipinski definition) is 1. The molecule has 7 rings (SSSR count). The summed E-state index contributed by atoms with van der Waals surface area (Å²) in [5, 5.41) is 12.5. The molecular weight excluding hydrogens is 566 g/mol. The Morgan fingerprint density at radius 3 is 2.34 bits per heavy atom. The second kappa shape index (κ2) is 10.7. The zero-order valence-corrected chi connectivity index (χ0v) is 26.6. The molecule has 0 amide bonds. The SMILES string of the molecule is CCN1C[C@]2(COC)CC[C@H](OC)[C@]34C1[C@H]([C@H](OC)[C@H]23)[C@]1(OC(C)=O)[C@H]2[C@@H](OC(=O)c3ccccc3)[C@H](C[C@H]24)[C@@H](OC)[C@@H]1O. The number of carbonyl (C=O) groups is 2. The van der Waals surface area contributed by atoms with E-state index in [2.05, 4.69) is 11.8 Å². The third-order valence-electron chi connectivity index (χ3n) is 13.0. The number of benzene rings is 1. The van der Waals surface area contributed by atoms with Gasteiger partial charge in [0.25, 0.3) is 0 Å². The van der Waals surface area contributed by atoms with Gasteiger partial charge in [-0.15, -0.1) is 0 Å². The zero-order valence-electron chi connectivity index (χ0n) is 26.6. The molecule has 0 aromatic heterocycles. The van der Waals surface area contributed by atoms with Crippen LogP contribution in [0.1, 0.15) is 43.5 Å². The Morgan fingerprint density at radius 1 is 1.00 bits per heavy atom. The molecule has 1 aromatic carbocycles. The molecule has 6 fully saturated rings. The summed E-state index contributed by atoms with van der Waals surface area (Å²) < 4.78 is 38.2. The average Bonchev–Trinajstić information content (AvgIpc) is 3.45. The monoisotopic (exact) mass is 613 g/mol. The lowest BCUT2D eigenvalue weighted by molar-refractivity contribution is -0.303. The first-order valence-corrected chi connectivity index (χ1v) is 16.2. The quantitative estimate of drug-likeness (QED) is 0.417. The minimum atomic E-state index is -1.41. The van der Waals surface area contributed by atoms with Crippen LogP contribution in [0, 0.1) is 40.4 Å². The molecule has 10 heteroatoms. The number of carbonyl (C=O) groups excluding carboxylic acids is 2. The van der Waals surface area contributed by atoms with Crippen LogP contribution in [0.4, 0.5) is 0 Å². The van der Waals surface area contributed by atoms with Crippen LogP contribution in [0.2, 0.25) is 0 Å². The van der Waals surface area contributed by atoms with Crippen molar-refractivity contribution >= 4 is 11.9 Å². The Balaban J connectivity index is 1.49. The number of rotatable bonds is 9. The molecule has 5 aliphatic carbocycles. The molecule has 1 unspecified atom stereocenters. The standard InChI is InChI=1S/C34H47NO9/c1-7-35-16-32(17-39-3)14-13-22(40-4)33-21-15-20-25(43-31(38)19-11-9-8-10-12-19)23(21)34(44-18(2)36,30(37)26(20)41-5)24(29(33)35)27(42-6)28(32)33/h8-12,20-30,37H,7,13-17H2,1-6H3/t20-,21+,22-,23+,24-,25-,26+,27-,28+,29?,30-,32-,33-,34+/m0/s1. The number of aliphatic hydroxyl groups is 1. The van der Waals surface area contributed by atoms with Crippen molar-refractivity contribution in [3.8, 4) is 0 Å². The van der Waals surface area contributed by atoms with Gasteiger partial charge in [-0.25, -0.2) is 4.79 Å². The second-order valence-electron chi connectivity index (χ2n) is 14.1. The highest BCUT2D eigenvalue weighted by atomic mass is 16.6. The lowest BCUT2D eigenvalue weighted by Crippen LogP contribution is -2.79. The molecule has 10 nitrogen and oxygen atoms in total. The van der Waals surface area contributed by atoms with E-state index in [0.29, 0.717) is 18.6 Å². The molecule has 5 saturated carbocycles. The topological polar surface area (TPSA) is 113 Å². The van der Waals surface area contributed by atoms with Gasteiger partial charge in [-0.3, -0.25) is 9.69 Å². The van der Waals surface area contributed by atoms with Crippen molar-refractivity contribution < 1.29 is 43.1 Å². The summed E-state index contributed by atoms with van der Waals surface area (Å²) in [6, 6.07) is 8.88. The highest BCUT2D eigenvalue weighted by Crippen LogP contribution is 2.80. The third kappa shape index (κ3) is 3.58. The maximum atomic E-state index is 13.7. The first kappa shape index (κ1) is 30.6. The van der Waals surface area contributed by atoms with Gasteiger partial charge in [0.15, 0.2) is 5.60 Å². The van der Waals surface area contributed by atoms with Gasteiger partial charge in [0.05, 0.1) is 30.5 Å². The number of esters is 2. The molecular formula is C34H47NO9. The highest BCUT2D eigenvalue weighted by molar-refractivity contribution is 5.89. The highest BCUT2D eigenvalue weighted by Gasteiger charge is 2.89. The zero-order chi connectivity index (χ0) is 31.2. The Bertz CT molecular complexity index is 1280. The number of piperidine rings is 1. The van der Waals surface area contributed by atoms with Crippen LogP contribution in [0.5, 0.6) is 0 Å². The minimum Gasteiger partial charge on any atom is -0.458 e. The van der Waals surface area contributed by atoms with E-state index < -0.39 is 53.1 Å². The molecule has 1 aliphatic heterocycles. The number of fused-ring (bicyclic) bond motifs is 2. The largest absolute Gasteiger partial charge is 0.458 e. The van der Waals surface area contributed by atoms with Crippen LogP contribution in [0.25, 0.3) is 0 Å². The summed E-state index contributed by atoms with van der Waals surface area (Å²) in [7, 11) is 6.89. The average molecular weight is 614 g/mol. The number of methoxy groups -OCH3 is 4. The second-order valence-corrected chi connectivity index (χ2v) is 14.1. The fourth-order valence-electron chi connectivity index (χ4n) is 12.3. The van der Waals surface area contributed by atoms with Crippen LogP contribution in [-0.4, -0.2) is 112 Å². The molecule has 0 radical (unpaired) electrons. The van der Waals surface area contributed by atoms with Gasteiger partial charge >= 0.3 is 11.9 Å². The maximum absolute atomic E-state index is 13.7. The van der Waals surface area contributed by atoms with Gasteiger partial charge in [0, 0.05) is 82.5 Å². The van der Waals surface area contributed by atoms with Crippen molar-refractivity contribution in [1.82, 2.24) is 4.90 Å². The smallest absolute Gasteiger partial charge is 0.338 e. The predicted molar refractivity (Wildman–Crippen MR) is 158 cm³/mol. The normalized spacial score (nSPS) is 48.2. The van der Waals surface area contributed by atoms with Crippen molar-refractivity contribution in [2.75, 3.05) is 48.1 Å². The van der Waals surface area contributed by atoms with E-state index in [4.69, 9.17) is 28.4 Å². The molecule has 242 valence electrons. The van der Waals surface area contributed by atoms with Gasteiger partial charge < -0.3 is 33.5 Å². The van der Waals surface area contributed by atoms with E-state index in [1.165, 1.54) is 6.92 Å². The van der Waals surface area contributed by atoms with Gasteiger partial charge in [-0.2, -0.15) is 0 Å².